The van der Waals surface area contributed by atoms with Crippen molar-refractivity contribution in [1.29, 1.82) is 0 Å². The molecule has 0 saturated carbocycles. The lowest BCUT2D eigenvalue weighted by Gasteiger charge is -2.21. The highest BCUT2D eigenvalue weighted by atomic mass is 16.4. The maximum atomic E-state index is 12.1. The number of oxime groups is 1. The molecule has 0 aliphatic carbocycles. The van der Waals surface area contributed by atoms with Gasteiger partial charge in [-0.1, -0.05) is 17.3 Å². The summed E-state index contributed by atoms with van der Waals surface area (Å²) in [6, 6.07) is 4.48. The van der Waals surface area contributed by atoms with Crippen LogP contribution in [0.5, 0.6) is 0 Å². The number of anilines is 1. The van der Waals surface area contributed by atoms with Gasteiger partial charge in [0, 0.05) is 18.5 Å². The van der Waals surface area contributed by atoms with Crippen LogP contribution in [0.2, 0.25) is 0 Å². The number of nitrogens with two attached hydrogens (primary N) is 1. The summed E-state index contributed by atoms with van der Waals surface area (Å²) >= 11 is 0. The first kappa shape index (κ1) is 12.1. The van der Waals surface area contributed by atoms with E-state index < -0.39 is 6.03 Å². The van der Waals surface area contributed by atoms with Crippen molar-refractivity contribution in [3.63, 3.8) is 0 Å². The molecule has 18 heavy (non-hydrogen) atoms. The molecule has 0 radical (unpaired) electrons. The molecule has 0 fully saturated rings. The predicted octanol–water partition coefficient (Wildman–Crippen LogP) is 1.30. The zero-order chi connectivity index (χ0) is 13.3. The van der Waals surface area contributed by atoms with Gasteiger partial charge in [-0.25, -0.2) is 4.79 Å². The van der Waals surface area contributed by atoms with Gasteiger partial charge in [-0.15, -0.1) is 0 Å². The second kappa shape index (κ2) is 4.48. The minimum Gasteiger partial charge on any atom is -0.411 e. The lowest BCUT2D eigenvalue weighted by Crippen LogP contribution is -2.37. The maximum absolute atomic E-state index is 12.1. The van der Waals surface area contributed by atoms with E-state index >= 15 is 0 Å². The Balaban J connectivity index is 2.67. The molecule has 2 rings (SSSR count). The molecule has 0 saturated heterocycles. The van der Waals surface area contributed by atoms with Crippen LogP contribution >= 0.6 is 0 Å². The van der Waals surface area contributed by atoms with Crippen molar-refractivity contribution in [3.8, 4) is 0 Å². The number of hydrogen-bond acceptors (Lipinski definition) is 4. The van der Waals surface area contributed by atoms with Crippen molar-refractivity contribution in [2.45, 2.75) is 13.3 Å². The van der Waals surface area contributed by atoms with Gasteiger partial charge in [0.2, 0.25) is 5.78 Å². The van der Waals surface area contributed by atoms with Gasteiger partial charge in [-0.05, 0) is 18.6 Å². The van der Waals surface area contributed by atoms with Crippen molar-refractivity contribution in [3.05, 3.63) is 29.3 Å². The van der Waals surface area contributed by atoms with E-state index in [9.17, 15) is 9.59 Å². The van der Waals surface area contributed by atoms with Crippen LogP contribution in [-0.4, -0.2) is 29.3 Å². The number of nitrogens with zero attached hydrogens (tertiary/aromatic N) is 2. The number of benzene rings is 1. The number of urea groups is 1. The zero-order valence-electron chi connectivity index (χ0n) is 9.88. The quantitative estimate of drug-likeness (QED) is 0.534. The van der Waals surface area contributed by atoms with Gasteiger partial charge in [-0.3, -0.25) is 9.69 Å². The average molecular weight is 247 g/mol. The van der Waals surface area contributed by atoms with Crippen LogP contribution in [0.3, 0.4) is 0 Å². The first-order valence-corrected chi connectivity index (χ1v) is 5.48. The van der Waals surface area contributed by atoms with Crippen LogP contribution in [0.15, 0.2) is 23.4 Å². The van der Waals surface area contributed by atoms with Crippen LogP contribution < -0.4 is 10.6 Å². The largest absolute Gasteiger partial charge is 0.411 e. The molecule has 6 nitrogen and oxygen atoms in total. The number of para-hydroxylation sites is 1. The monoisotopic (exact) mass is 247 g/mol. The number of hydrogen-bond donors (Lipinski definition) is 2. The molecular formula is C12H13N3O3. The van der Waals surface area contributed by atoms with Crippen molar-refractivity contribution < 1.29 is 14.8 Å². The lowest BCUT2D eigenvalue weighted by molar-refractivity contribution is 0.106. The van der Waals surface area contributed by atoms with Crippen LogP contribution in [0.25, 0.3) is 0 Å². The molecule has 1 heterocycles. The van der Waals surface area contributed by atoms with E-state index in [1.54, 1.807) is 25.1 Å². The third kappa shape index (κ3) is 1.81. The topological polar surface area (TPSA) is 96.0 Å². The number of carbonyl (C=O) groups excluding carboxylic acids is 2. The average Bonchev–Trinajstić information content (AvgIpc) is 2.48. The second-order valence-electron chi connectivity index (χ2n) is 4.09. The Kier molecular flexibility index (Phi) is 3.01. The Morgan fingerprint density at radius 3 is 2.83 bits per heavy atom. The number of rotatable bonds is 0. The smallest absolute Gasteiger partial charge is 0.319 e. The summed E-state index contributed by atoms with van der Waals surface area (Å²) in [5.74, 6) is -0.375. The molecule has 1 aromatic rings. The van der Waals surface area contributed by atoms with E-state index in [1.165, 1.54) is 4.90 Å². The van der Waals surface area contributed by atoms with Crippen molar-refractivity contribution in [1.82, 2.24) is 0 Å². The molecule has 0 atom stereocenters. The van der Waals surface area contributed by atoms with Crippen LogP contribution in [0, 0.1) is 6.92 Å². The fourth-order valence-corrected chi connectivity index (χ4v) is 2.11. The second-order valence-corrected chi connectivity index (χ2v) is 4.09. The van der Waals surface area contributed by atoms with Crippen LogP contribution in [0.4, 0.5) is 10.5 Å². The highest BCUT2D eigenvalue weighted by Gasteiger charge is 2.29. The molecule has 0 spiro atoms. The first-order chi connectivity index (χ1) is 8.56. The molecule has 0 bridgehead atoms. The maximum Gasteiger partial charge on any atom is 0.319 e. The normalized spacial score (nSPS) is 17.5. The highest BCUT2D eigenvalue weighted by molar-refractivity contribution is 6.47. The summed E-state index contributed by atoms with van der Waals surface area (Å²) in [4.78, 5) is 24.9. The van der Waals surface area contributed by atoms with E-state index in [1.807, 2.05) is 0 Å². The number of fused-ring (bicyclic) bond motifs is 1. The molecule has 3 N–H and O–H groups in total. The minimum absolute atomic E-state index is 0.0330. The van der Waals surface area contributed by atoms with Gasteiger partial charge in [-0.2, -0.15) is 0 Å². The van der Waals surface area contributed by atoms with Crippen molar-refractivity contribution in [2.24, 2.45) is 10.9 Å². The first-order valence-electron chi connectivity index (χ1n) is 5.48. The summed E-state index contributed by atoms with van der Waals surface area (Å²) in [5, 5.41) is 11.8. The summed E-state index contributed by atoms with van der Waals surface area (Å²) in [6.45, 7) is 2.02. The number of ketones is 1. The fourth-order valence-electron chi connectivity index (χ4n) is 2.11. The van der Waals surface area contributed by atoms with Gasteiger partial charge in [0.15, 0.2) is 0 Å². The Morgan fingerprint density at radius 1 is 1.50 bits per heavy atom. The third-order valence-corrected chi connectivity index (χ3v) is 2.97. The third-order valence-electron chi connectivity index (χ3n) is 2.97. The van der Waals surface area contributed by atoms with Gasteiger partial charge < -0.3 is 10.9 Å². The molecule has 94 valence electrons. The highest BCUT2D eigenvalue weighted by Crippen LogP contribution is 2.28. The van der Waals surface area contributed by atoms with Gasteiger partial charge in [0.1, 0.15) is 5.71 Å². The summed E-state index contributed by atoms with van der Waals surface area (Å²) in [5.41, 5.74) is 6.96. The predicted molar refractivity (Wildman–Crippen MR) is 66.3 cm³/mol. The van der Waals surface area contributed by atoms with Crippen LogP contribution in [0.1, 0.15) is 22.3 Å². The number of Topliss-reactive ketones (excluding diaryl/α,β-unsaturated/α-hetero) is 1. The molecule has 0 aromatic heterocycles. The molecular weight excluding hydrogens is 234 g/mol. The van der Waals surface area contributed by atoms with E-state index in [-0.39, 0.29) is 24.5 Å². The number of carbonyl (C=O) groups is 2. The van der Waals surface area contributed by atoms with Crippen LogP contribution in [-0.2, 0) is 0 Å². The number of aryl methyl sites for hydroxylation is 1. The van der Waals surface area contributed by atoms with Gasteiger partial charge in [0.25, 0.3) is 0 Å². The van der Waals surface area contributed by atoms with E-state index in [4.69, 9.17) is 10.9 Å². The fraction of sp³-hybridized carbons (Fsp3) is 0.250. The van der Waals surface area contributed by atoms with Crippen molar-refractivity contribution >= 4 is 23.2 Å². The zero-order valence-corrected chi connectivity index (χ0v) is 9.88. The van der Waals surface area contributed by atoms with Gasteiger partial charge >= 0.3 is 6.03 Å². The molecule has 6 heteroatoms. The Morgan fingerprint density at radius 2 is 2.22 bits per heavy atom. The summed E-state index contributed by atoms with van der Waals surface area (Å²) < 4.78 is 0. The molecule has 1 aliphatic rings. The SMILES string of the molecule is Cc1cccc2c1N(C(N)=O)CC/C(=N/O)C2=O. The molecule has 2 amide bonds. The van der Waals surface area contributed by atoms with E-state index in [0.717, 1.165) is 5.56 Å². The minimum atomic E-state index is -0.627. The molecule has 1 aromatic carbocycles. The number of primary amides is 1. The Bertz CT molecular complexity index is 551. The standard InChI is InChI=1S/C12H13N3O3/c1-7-3-2-4-8-10(7)15(12(13)17)6-5-9(14-18)11(8)16/h2-4,18H,5-6H2,1H3,(H2,13,17)/b14-9-. The molecule has 0 unspecified atom stereocenters. The summed E-state index contributed by atoms with van der Waals surface area (Å²) in [6.07, 6.45) is 0.173. The summed E-state index contributed by atoms with van der Waals surface area (Å²) in [7, 11) is 0. The lowest BCUT2D eigenvalue weighted by atomic mass is 10.0. The Hall–Kier alpha value is -2.37. The number of amides is 2. The van der Waals surface area contributed by atoms with E-state index in [0.29, 0.717) is 11.3 Å². The van der Waals surface area contributed by atoms with Crippen molar-refractivity contribution in [2.75, 3.05) is 11.4 Å². The Labute approximate surface area is 104 Å². The molecule has 1 aliphatic heterocycles. The van der Waals surface area contributed by atoms with E-state index in [2.05, 4.69) is 5.16 Å². The van der Waals surface area contributed by atoms with Gasteiger partial charge in [0.05, 0.1) is 5.69 Å².